The number of aryl methyl sites for hydroxylation is 1. The SMILES string of the molecule is CCOc1ccc(NC(=O)C(=O)N/N=C/c2ccc(CNC(=O)C(=O)Nc3ccc(C)cc3)o2)cc1. The molecule has 0 fully saturated rings. The van der Waals surface area contributed by atoms with E-state index in [-0.39, 0.29) is 12.3 Å². The molecule has 0 saturated heterocycles. The Morgan fingerprint density at radius 1 is 0.833 bits per heavy atom. The molecule has 3 aromatic rings. The number of rotatable bonds is 8. The van der Waals surface area contributed by atoms with Crippen LogP contribution in [0.5, 0.6) is 5.75 Å². The molecule has 0 atom stereocenters. The van der Waals surface area contributed by atoms with Crippen LogP contribution in [0.25, 0.3) is 0 Å². The van der Waals surface area contributed by atoms with Gasteiger partial charge in [0.05, 0.1) is 19.4 Å². The van der Waals surface area contributed by atoms with Gasteiger partial charge in [-0.1, -0.05) is 17.7 Å². The van der Waals surface area contributed by atoms with Gasteiger partial charge in [-0.15, -0.1) is 0 Å². The van der Waals surface area contributed by atoms with E-state index in [4.69, 9.17) is 9.15 Å². The molecule has 186 valence electrons. The molecule has 0 radical (unpaired) electrons. The second-order valence-electron chi connectivity index (χ2n) is 7.42. The molecule has 0 aliphatic rings. The monoisotopic (exact) mass is 491 g/mol. The Labute approximate surface area is 206 Å². The molecular weight excluding hydrogens is 466 g/mol. The maximum absolute atomic E-state index is 12.0. The highest BCUT2D eigenvalue weighted by atomic mass is 16.5. The molecule has 0 unspecified atom stereocenters. The van der Waals surface area contributed by atoms with Crippen molar-refractivity contribution in [3.05, 3.63) is 77.7 Å². The van der Waals surface area contributed by atoms with Gasteiger partial charge in [-0.05, 0) is 62.4 Å². The summed E-state index contributed by atoms with van der Waals surface area (Å²) < 4.78 is 10.8. The van der Waals surface area contributed by atoms with E-state index >= 15 is 0 Å². The first-order valence-electron chi connectivity index (χ1n) is 11.0. The van der Waals surface area contributed by atoms with Gasteiger partial charge in [0.25, 0.3) is 0 Å². The van der Waals surface area contributed by atoms with Crippen molar-refractivity contribution in [2.75, 3.05) is 17.2 Å². The second-order valence-corrected chi connectivity index (χ2v) is 7.42. The van der Waals surface area contributed by atoms with Gasteiger partial charge in [-0.25, -0.2) is 5.43 Å². The van der Waals surface area contributed by atoms with Gasteiger partial charge >= 0.3 is 23.6 Å². The minimum absolute atomic E-state index is 0.0369. The van der Waals surface area contributed by atoms with Crippen LogP contribution in [0.2, 0.25) is 0 Å². The molecule has 36 heavy (non-hydrogen) atoms. The van der Waals surface area contributed by atoms with Crippen LogP contribution in [0, 0.1) is 6.92 Å². The van der Waals surface area contributed by atoms with Crippen LogP contribution >= 0.6 is 0 Å². The molecule has 0 bridgehead atoms. The van der Waals surface area contributed by atoms with Crippen LogP contribution < -0.4 is 26.1 Å². The maximum atomic E-state index is 12.0. The van der Waals surface area contributed by atoms with Crippen LogP contribution in [-0.2, 0) is 25.7 Å². The maximum Gasteiger partial charge on any atom is 0.329 e. The molecule has 0 spiro atoms. The molecule has 1 heterocycles. The first kappa shape index (κ1) is 25.7. The lowest BCUT2D eigenvalue weighted by atomic mass is 10.2. The summed E-state index contributed by atoms with van der Waals surface area (Å²) in [6.07, 6.45) is 1.19. The Hall–Kier alpha value is -4.93. The first-order chi connectivity index (χ1) is 17.3. The first-order valence-corrected chi connectivity index (χ1v) is 11.0. The van der Waals surface area contributed by atoms with Crippen molar-refractivity contribution >= 4 is 41.2 Å². The van der Waals surface area contributed by atoms with E-state index in [0.717, 1.165) is 5.56 Å². The number of amides is 4. The van der Waals surface area contributed by atoms with Crippen LogP contribution in [0.15, 0.2) is 70.2 Å². The van der Waals surface area contributed by atoms with Crippen LogP contribution in [-0.4, -0.2) is 36.5 Å². The number of anilines is 2. The van der Waals surface area contributed by atoms with Crippen molar-refractivity contribution in [2.24, 2.45) is 5.10 Å². The number of hydrogen-bond donors (Lipinski definition) is 4. The van der Waals surface area contributed by atoms with E-state index < -0.39 is 23.6 Å². The minimum atomic E-state index is -0.973. The number of hydrazone groups is 1. The lowest BCUT2D eigenvalue weighted by Crippen LogP contribution is -2.34. The molecule has 0 saturated carbocycles. The molecule has 11 heteroatoms. The molecule has 1 aromatic heterocycles. The molecule has 0 aliphatic carbocycles. The molecule has 11 nitrogen and oxygen atoms in total. The third-order valence-corrected chi connectivity index (χ3v) is 4.61. The number of ether oxygens (including phenoxy) is 1. The van der Waals surface area contributed by atoms with Gasteiger partial charge in [-0.2, -0.15) is 5.10 Å². The van der Waals surface area contributed by atoms with Crippen molar-refractivity contribution < 1.29 is 28.3 Å². The number of benzene rings is 2. The van der Waals surface area contributed by atoms with E-state index in [9.17, 15) is 19.2 Å². The zero-order valence-corrected chi connectivity index (χ0v) is 19.7. The number of furan rings is 1. The van der Waals surface area contributed by atoms with Gasteiger partial charge in [0, 0.05) is 11.4 Å². The third-order valence-electron chi connectivity index (χ3n) is 4.61. The van der Waals surface area contributed by atoms with E-state index in [1.54, 1.807) is 48.5 Å². The van der Waals surface area contributed by atoms with Gasteiger partial charge in [0.1, 0.15) is 17.3 Å². The van der Waals surface area contributed by atoms with Crippen molar-refractivity contribution in [2.45, 2.75) is 20.4 Å². The summed E-state index contributed by atoms with van der Waals surface area (Å²) in [6, 6.07) is 16.7. The topological polar surface area (TPSA) is 151 Å². The summed E-state index contributed by atoms with van der Waals surface area (Å²) in [7, 11) is 0. The van der Waals surface area contributed by atoms with Gasteiger partial charge < -0.3 is 25.1 Å². The zero-order valence-electron chi connectivity index (χ0n) is 19.7. The van der Waals surface area contributed by atoms with Crippen molar-refractivity contribution in [3.63, 3.8) is 0 Å². The summed E-state index contributed by atoms with van der Waals surface area (Å²) >= 11 is 0. The zero-order chi connectivity index (χ0) is 25.9. The summed E-state index contributed by atoms with van der Waals surface area (Å²) in [5.41, 5.74) is 4.05. The highest BCUT2D eigenvalue weighted by Crippen LogP contribution is 2.15. The van der Waals surface area contributed by atoms with E-state index in [1.165, 1.54) is 6.21 Å². The summed E-state index contributed by atoms with van der Waals surface area (Å²) in [4.78, 5) is 47.9. The van der Waals surface area contributed by atoms with Crippen LogP contribution in [0.3, 0.4) is 0 Å². The largest absolute Gasteiger partial charge is 0.494 e. The number of carbonyl (C=O) groups excluding carboxylic acids is 4. The standard InChI is InChI=1S/C25H25N5O6/c1-3-35-19-10-8-18(9-11-19)29-24(33)25(34)30-27-15-21-13-12-20(36-21)14-26-22(31)23(32)28-17-6-4-16(2)5-7-17/h4-13,15H,3,14H2,1-2H3,(H,26,31)(H,28,32)(H,29,33)(H,30,34)/b27-15+. The molecular formula is C25H25N5O6. The molecule has 0 aliphatic heterocycles. The van der Waals surface area contributed by atoms with Gasteiger partial charge in [0.15, 0.2) is 0 Å². The molecule has 3 rings (SSSR count). The number of hydrogen-bond acceptors (Lipinski definition) is 7. The Morgan fingerprint density at radius 3 is 2.08 bits per heavy atom. The number of carbonyl (C=O) groups is 4. The Bertz CT molecular complexity index is 1250. The fourth-order valence-electron chi connectivity index (χ4n) is 2.83. The summed E-state index contributed by atoms with van der Waals surface area (Å²) in [6.45, 7) is 4.25. The predicted molar refractivity (Wildman–Crippen MR) is 132 cm³/mol. The highest BCUT2D eigenvalue weighted by Gasteiger charge is 2.15. The molecule has 4 N–H and O–H groups in total. The highest BCUT2D eigenvalue weighted by molar-refractivity contribution is 6.40. The van der Waals surface area contributed by atoms with E-state index in [2.05, 4.69) is 26.5 Å². The Kier molecular flexibility index (Phi) is 8.93. The third kappa shape index (κ3) is 7.83. The van der Waals surface area contributed by atoms with Crippen molar-refractivity contribution in [1.29, 1.82) is 0 Å². The number of nitrogens with one attached hydrogen (secondary N) is 4. The van der Waals surface area contributed by atoms with Crippen LogP contribution in [0.4, 0.5) is 11.4 Å². The molecule has 2 aromatic carbocycles. The smallest absolute Gasteiger partial charge is 0.329 e. The second kappa shape index (κ2) is 12.5. The Balaban J connectivity index is 1.41. The van der Waals surface area contributed by atoms with Gasteiger partial charge in [-0.3, -0.25) is 19.2 Å². The summed E-state index contributed by atoms with van der Waals surface area (Å²) in [5, 5.41) is 11.1. The quantitative estimate of drug-likeness (QED) is 0.216. The fraction of sp³-hybridized carbons (Fsp3) is 0.160. The average Bonchev–Trinajstić information content (AvgIpc) is 3.32. The Morgan fingerprint density at radius 2 is 1.44 bits per heavy atom. The minimum Gasteiger partial charge on any atom is -0.494 e. The average molecular weight is 492 g/mol. The number of nitrogens with zero attached hydrogens (tertiary/aromatic N) is 1. The fourth-order valence-corrected chi connectivity index (χ4v) is 2.83. The van der Waals surface area contributed by atoms with Crippen molar-refractivity contribution in [3.8, 4) is 5.75 Å². The lowest BCUT2D eigenvalue weighted by Gasteiger charge is -2.06. The van der Waals surface area contributed by atoms with Crippen LogP contribution in [0.1, 0.15) is 24.0 Å². The molecule has 4 amide bonds. The van der Waals surface area contributed by atoms with E-state index in [0.29, 0.717) is 29.5 Å². The normalized spacial score (nSPS) is 10.5. The van der Waals surface area contributed by atoms with Crippen molar-refractivity contribution in [1.82, 2.24) is 10.7 Å². The predicted octanol–water partition coefficient (Wildman–Crippen LogP) is 2.33. The van der Waals surface area contributed by atoms with Gasteiger partial charge in [0.2, 0.25) is 0 Å². The lowest BCUT2D eigenvalue weighted by molar-refractivity contribution is -0.136. The van der Waals surface area contributed by atoms with E-state index in [1.807, 2.05) is 26.0 Å². The summed E-state index contributed by atoms with van der Waals surface area (Å²) in [5.74, 6) is -2.25.